The Morgan fingerprint density at radius 2 is 2.08 bits per heavy atom. The fraction of sp³-hybridized carbons (Fsp3) is 0.632. The third-order valence-electron chi connectivity index (χ3n) is 5.21. The van der Waals surface area contributed by atoms with Crippen molar-refractivity contribution in [2.24, 2.45) is 5.92 Å². The lowest BCUT2D eigenvalue weighted by Gasteiger charge is -2.34. The summed E-state index contributed by atoms with van der Waals surface area (Å²) in [6, 6.07) is 5.59. The van der Waals surface area contributed by atoms with E-state index >= 15 is 0 Å². The summed E-state index contributed by atoms with van der Waals surface area (Å²) >= 11 is 6.04. The first-order chi connectivity index (χ1) is 11.3. The van der Waals surface area contributed by atoms with Gasteiger partial charge < -0.3 is 15.3 Å². The number of carbonyl (C=O) groups excluding carboxylic acids is 1. The summed E-state index contributed by atoms with van der Waals surface area (Å²) in [7, 11) is 0. The van der Waals surface area contributed by atoms with Gasteiger partial charge >= 0.3 is 0 Å². The van der Waals surface area contributed by atoms with E-state index in [1.807, 2.05) is 36.9 Å². The lowest BCUT2D eigenvalue weighted by Crippen LogP contribution is -2.46. The molecule has 2 aliphatic heterocycles. The quantitative estimate of drug-likeness (QED) is 0.874. The molecule has 24 heavy (non-hydrogen) atoms. The van der Waals surface area contributed by atoms with Gasteiger partial charge in [-0.2, -0.15) is 0 Å². The molecule has 0 aliphatic carbocycles. The fourth-order valence-corrected chi connectivity index (χ4v) is 3.89. The van der Waals surface area contributed by atoms with Gasteiger partial charge in [0.1, 0.15) is 6.04 Å². The van der Waals surface area contributed by atoms with E-state index in [0.29, 0.717) is 12.3 Å². The van der Waals surface area contributed by atoms with Crippen LogP contribution in [-0.4, -0.2) is 40.6 Å². The lowest BCUT2D eigenvalue weighted by molar-refractivity contribution is -0.133. The average Bonchev–Trinajstić information content (AvgIpc) is 2.95. The highest BCUT2D eigenvalue weighted by atomic mass is 35.5. The molecule has 2 aliphatic rings. The minimum absolute atomic E-state index is 0.161. The van der Waals surface area contributed by atoms with Gasteiger partial charge in [0.2, 0.25) is 5.91 Å². The third-order valence-corrected chi connectivity index (χ3v) is 5.44. The molecule has 2 N–H and O–H groups in total. The van der Waals surface area contributed by atoms with Gasteiger partial charge in [0.15, 0.2) is 0 Å². The predicted octanol–water partition coefficient (Wildman–Crippen LogP) is 3.47. The number of halogens is 1. The molecule has 2 heterocycles. The number of anilines is 1. The molecule has 0 aromatic heterocycles. The first-order valence-electron chi connectivity index (χ1n) is 8.88. The Kier molecular flexibility index (Phi) is 5.07. The van der Waals surface area contributed by atoms with Crippen molar-refractivity contribution in [2.75, 3.05) is 18.4 Å². The van der Waals surface area contributed by atoms with Gasteiger partial charge in [0, 0.05) is 30.2 Å². The lowest BCUT2D eigenvalue weighted by atomic mass is 9.88. The Hall–Kier alpha value is -1.26. The molecule has 1 aromatic carbocycles. The Bertz CT molecular complexity index is 604. The number of nitrogens with zero attached hydrogens (tertiary/aromatic N) is 1. The summed E-state index contributed by atoms with van der Waals surface area (Å²) in [6.07, 6.45) is 4.65. The minimum Gasteiger partial charge on any atom is -0.390 e. The Balaban J connectivity index is 1.50. The summed E-state index contributed by atoms with van der Waals surface area (Å²) in [5.74, 6) is 0.816. The van der Waals surface area contributed by atoms with E-state index in [-0.39, 0.29) is 11.9 Å². The van der Waals surface area contributed by atoms with E-state index in [1.54, 1.807) is 0 Å². The molecule has 1 atom stereocenters. The topological polar surface area (TPSA) is 52.6 Å². The fourth-order valence-electron chi connectivity index (χ4n) is 3.70. The van der Waals surface area contributed by atoms with Crippen molar-refractivity contribution < 1.29 is 9.90 Å². The van der Waals surface area contributed by atoms with E-state index in [4.69, 9.17) is 11.6 Å². The second-order valence-corrected chi connectivity index (χ2v) is 8.26. The van der Waals surface area contributed by atoms with Gasteiger partial charge in [-0.05, 0) is 69.2 Å². The number of fused-ring (bicyclic) bond motifs is 1. The van der Waals surface area contributed by atoms with Gasteiger partial charge in [-0.3, -0.25) is 4.79 Å². The molecule has 132 valence electrons. The van der Waals surface area contributed by atoms with Crippen molar-refractivity contribution in [3.05, 3.63) is 28.8 Å². The summed E-state index contributed by atoms with van der Waals surface area (Å²) < 4.78 is 0. The molecule has 0 saturated carbocycles. The number of rotatable bonds is 4. The first kappa shape index (κ1) is 17.6. The molecule has 0 bridgehead atoms. The van der Waals surface area contributed by atoms with Gasteiger partial charge in [-0.25, -0.2) is 0 Å². The molecule has 5 heteroatoms. The molecular weight excluding hydrogens is 324 g/mol. The molecule has 1 saturated heterocycles. The molecular formula is C19H27ClN2O2. The zero-order chi connectivity index (χ0) is 17.3. The highest BCUT2D eigenvalue weighted by Crippen LogP contribution is 2.30. The smallest absolute Gasteiger partial charge is 0.245 e. The molecule has 0 spiro atoms. The highest BCUT2D eigenvalue weighted by molar-refractivity contribution is 6.30. The first-order valence-corrected chi connectivity index (χ1v) is 9.26. The predicted molar refractivity (Wildman–Crippen MR) is 97.4 cm³/mol. The van der Waals surface area contributed by atoms with Crippen LogP contribution in [0, 0.1) is 5.92 Å². The molecule has 1 fully saturated rings. The van der Waals surface area contributed by atoms with Crippen molar-refractivity contribution in [3.8, 4) is 0 Å². The summed E-state index contributed by atoms with van der Waals surface area (Å²) in [4.78, 5) is 14.8. The van der Waals surface area contributed by atoms with E-state index in [0.717, 1.165) is 55.0 Å². The number of likely N-dealkylation sites (tertiary alicyclic amines) is 1. The normalized spacial score (nSPS) is 21.5. The zero-order valence-corrected chi connectivity index (χ0v) is 15.3. The van der Waals surface area contributed by atoms with Crippen LogP contribution < -0.4 is 5.32 Å². The number of hydrogen-bond acceptors (Lipinski definition) is 3. The molecule has 1 aromatic rings. The maximum Gasteiger partial charge on any atom is 0.245 e. The molecule has 0 radical (unpaired) electrons. The number of piperidine rings is 1. The van der Waals surface area contributed by atoms with Crippen LogP contribution >= 0.6 is 11.6 Å². The molecule has 1 unspecified atom stereocenters. The van der Waals surface area contributed by atoms with Crippen molar-refractivity contribution in [1.82, 2.24) is 4.90 Å². The van der Waals surface area contributed by atoms with Crippen molar-refractivity contribution in [2.45, 2.75) is 57.6 Å². The minimum atomic E-state index is -0.590. The van der Waals surface area contributed by atoms with E-state index in [2.05, 4.69) is 5.32 Å². The van der Waals surface area contributed by atoms with Gasteiger partial charge in [0.25, 0.3) is 0 Å². The van der Waals surface area contributed by atoms with Gasteiger partial charge in [0.05, 0.1) is 5.60 Å². The third kappa shape index (κ3) is 4.22. The number of carbonyl (C=O) groups is 1. The van der Waals surface area contributed by atoms with Crippen molar-refractivity contribution in [3.63, 3.8) is 0 Å². The van der Waals surface area contributed by atoms with E-state index in [9.17, 15) is 9.90 Å². The summed E-state index contributed by atoms with van der Waals surface area (Å²) in [5, 5.41) is 13.9. The second-order valence-electron chi connectivity index (χ2n) is 7.82. The van der Waals surface area contributed by atoms with Crippen LogP contribution in [0.5, 0.6) is 0 Å². The van der Waals surface area contributed by atoms with Crippen LogP contribution in [0.3, 0.4) is 0 Å². The van der Waals surface area contributed by atoms with Crippen molar-refractivity contribution >= 4 is 23.2 Å². The standard InChI is InChI=1S/C19H27ClN2O2/c1-19(2,24)8-5-13-6-9-22(10-7-13)18(23)17-12-14-11-15(20)3-4-16(14)21-17/h3-4,11,13,17,21,24H,5-10,12H2,1-2H3. The Morgan fingerprint density at radius 3 is 2.75 bits per heavy atom. The number of benzene rings is 1. The number of amides is 1. The summed E-state index contributed by atoms with van der Waals surface area (Å²) in [5.41, 5.74) is 1.56. The van der Waals surface area contributed by atoms with Crippen LogP contribution in [-0.2, 0) is 11.2 Å². The zero-order valence-electron chi connectivity index (χ0n) is 14.5. The maximum atomic E-state index is 12.8. The average molecular weight is 351 g/mol. The van der Waals surface area contributed by atoms with Gasteiger partial charge in [-0.15, -0.1) is 0 Å². The van der Waals surface area contributed by atoms with Crippen LogP contribution in [0.25, 0.3) is 0 Å². The van der Waals surface area contributed by atoms with Crippen LogP contribution in [0.1, 0.15) is 45.1 Å². The monoisotopic (exact) mass is 350 g/mol. The number of hydrogen-bond donors (Lipinski definition) is 2. The highest BCUT2D eigenvalue weighted by Gasteiger charge is 2.32. The number of aliphatic hydroxyl groups is 1. The maximum absolute atomic E-state index is 12.8. The molecule has 1 amide bonds. The molecule has 3 rings (SSSR count). The van der Waals surface area contributed by atoms with Crippen molar-refractivity contribution in [1.29, 1.82) is 0 Å². The SMILES string of the molecule is CC(C)(O)CCC1CCN(C(=O)C2Cc3cc(Cl)ccc3N2)CC1. The molecule has 4 nitrogen and oxygen atoms in total. The Morgan fingerprint density at radius 1 is 1.38 bits per heavy atom. The largest absolute Gasteiger partial charge is 0.390 e. The van der Waals surface area contributed by atoms with Gasteiger partial charge in [-0.1, -0.05) is 11.6 Å². The number of nitrogens with one attached hydrogen (secondary N) is 1. The van der Waals surface area contributed by atoms with Crippen LogP contribution in [0.4, 0.5) is 5.69 Å². The second kappa shape index (κ2) is 6.93. The van der Waals surface area contributed by atoms with Crippen LogP contribution in [0.15, 0.2) is 18.2 Å². The van der Waals surface area contributed by atoms with E-state index < -0.39 is 5.60 Å². The Labute approximate surface area is 149 Å². The summed E-state index contributed by atoms with van der Waals surface area (Å²) in [6.45, 7) is 5.37. The van der Waals surface area contributed by atoms with Crippen LogP contribution in [0.2, 0.25) is 5.02 Å². The van der Waals surface area contributed by atoms with E-state index in [1.165, 1.54) is 0 Å².